The Kier molecular flexibility index (Phi) is 10.3. The number of esters is 1. The van der Waals surface area contributed by atoms with E-state index in [4.69, 9.17) is 23.7 Å². The Morgan fingerprint density at radius 2 is 1.07 bits per heavy atom. The lowest BCUT2D eigenvalue weighted by Crippen LogP contribution is -2.61. The summed E-state index contributed by atoms with van der Waals surface area (Å²) in [5, 5.41) is 11.1. The normalized spacial score (nSPS) is 22.2. The van der Waals surface area contributed by atoms with Crippen LogP contribution in [0, 0.1) is 0 Å². The molecule has 1 aliphatic heterocycles. The van der Waals surface area contributed by atoms with Crippen molar-refractivity contribution in [3.8, 4) is 0 Å². The maximum Gasteiger partial charge on any atom is 0.338 e. The number of ether oxygens (including phenoxy) is 5. The molecule has 0 aliphatic carbocycles. The molecule has 1 N–H and O–H groups in total. The second-order valence-electron chi connectivity index (χ2n) is 9.82. The van der Waals surface area contributed by atoms with Gasteiger partial charge in [0.1, 0.15) is 18.3 Å². The summed E-state index contributed by atoms with van der Waals surface area (Å²) in [6.07, 6.45) is -4.89. The van der Waals surface area contributed by atoms with Crippen molar-refractivity contribution in [2.45, 2.75) is 50.5 Å². The third kappa shape index (κ3) is 8.10. The van der Waals surface area contributed by atoms with Crippen LogP contribution >= 0.6 is 0 Å². The van der Waals surface area contributed by atoms with E-state index in [1.54, 1.807) is 24.3 Å². The summed E-state index contributed by atoms with van der Waals surface area (Å²) >= 11 is 0. The van der Waals surface area contributed by atoms with Crippen molar-refractivity contribution in [2.24, 2.45) is 0 Å². The van der Waals surface area contributed by atoms with Crippen LogP contribution in [0.15, 0.2) is 121 Å². The van der Waals surface area contributed by atoms with E-state index in [9.17, 15) is 9.90 Å². The summed E-state index contributed by atoms with van der Waals surface area (Å²) in [5.74, 6) is -0.546. The number of carbonyl (C=O) groups excluding carboxylic acids is 1. The van der Waals surface area contributed by atoms with Crippen LogP contribution in [0.25, 0.3) is 0 Å². The smallest absolute Gasteiger partial charge is 0.338 e. The zero-order valence-corrected chi connectivity index (χ0v) is 22.7. The number of carbonyl (C=O) groups is 1. The lowest BCUT2D eigenvalue weighted by molar-refractivity contribution is -0.307. The molecule has 1 aliphatic rings. The number of aliphatic hydroxyl groups excluding tert-OH is 1. The average molecular weight is 555 g/mol. The van der Waals surface area contributed by atoms with E-state index in [-0.39, 0.29) is 19.8 Å². The van der Waals surface area contributed by atoms with Gasteiger partial charge in [-0.05, 0) is 28.8 Å². The van der Waals surface area contributed by atoms with Gasteiger partial charge >= 0.3 is 5.97 Å². The van der Waals surface area contributed by atoms with Crippen LogP contribution in [-0.4, -0.2) is 48.4 Å². The van der Waals surface area contributed by atoms with E-state index in [2.05, 4.69) is 0 Å². The molecule has 7 nitrogen and oxygen atoms in total. The van der Waals surface area contributed by atoms with Gasteiger partial charge in [0, 0.05) is 0 Å². The van der Waals surface area contributed by atoms with Gasteiger partial charge in [-0.25, -0.2) is 4.79 Å². The zero-order chi connectivity index (χ0) is 28.3. The fourth-order valence-electron chi connectivity index (χ4n) is 4.71. The van der Waals surface area contributed by atoms with E-state index in [0.717, 1.165) is 16.7 Å². The van der Waals surface area contributed by atoms with Crippen LogP contribution in [0.4, 0.5) is 0 Å². The molecule has 4 aromatic rings. The molecule has 5 atom stereocenters. The Labute approximate surface area is 240 Å². The third-order valence-electron chi connectivity index (χ3n) is 6.83. The number of rotatable bonds is 12. The first kappa shape index (κ1) is 28.7. The molecule has 0 saturated carbocycles. The third-order valence-corrected chi connectivity index (χ3v) is 6.83. The van der Waals surface area contributed by atoms with E-state index in [1.165, 1.54) is 0 Å². The van der Waals surface area contributed by atoms with Crippen molar-refractivity contribution < 1.29 is 33.6 Å². The zero-order valence-electron chi connectivity index (χ0n) is 22.7. The second kappa shape index (κ2) is 14.7. The summed E-state index contributed by atoms with van der Waals surface area (Å²) in [5.41, 5.74) is 3.23. The number of hydrogen-bond acceptors (Lipinski definition) is 7. The Bertz CT molecular complexity index is 1320. The standard InChI is InChI=1S/C34H34O7/c35-33(28-19-11-4-12-20-28)41-31-30(38-22-26-15-7-2-8-16-26)29(24-37-21-25-13-5-1-6-14-25)40-34(36)32(31)39-23-27-17-9-3-10-18-27/h1-20,29-32,34,36H,21-24H2/t29-,30-,31+,32+,34+/m1/s1. The van der Waals surface area contributed by atoms with Gasteiger partial charge in [-0.3, -0.25) is 0 Å². The fourth-order valence-corrected chi connectivity index (χ4v) is 4.71. The molecule has 0 aromatic heterocycles. The minimum Gasteiger partial charge on any atom is -0.453 e. The first-order valence-corrected chi connectivity index (χ1v) is 13.7. The lowest BCUT2D eigenvalue weighted by Gasteiger charge is -2.44. The van der Waals surface area contributed by atoms with Gasteiger partial charge in [0.2, 0.25) is 0 Å². The molecule has 5 rings (SSSR count). The summed E-state index contributed by atoms with van der Waals surface area (Å²) < 4.78 is 30.6. The summed E-state index contributed by atoms with van der Waals surface area (Å²) in [4.78, 5) is 13.3. The number of hydrogen-bond donors (Lipinski definition) is 1. The molecule has 1 heterocycles. The monoisotopic (exact) mass is 554 g/mol. The summed E-state index contributed by atoms with van der Waals surface area (Å²) in [7, 11) is 0. The quantitative estimate of drug-likeness (QED) is 0.238. The van der Waals surface area contributed by atoms with E-state index in [1.807, 2.05) is 97.1 Å². The molecule has 0 radical (unpaired) electrons. The van der Waals surface area contributed by atoms with Gasteiger partial charge in [-0.2, -0.15) is 0 Å². The SMILES string of the molecule is O=C(O[C@@H]1[C@H](OCc2ccccc2)[C@@H](O)O[C@H](COCc2ccccc2)[C@H]1OCc1ccccc1)c1ccccc1. The molecular formula is C34H34O7. The number of benzene rings is 4. The molecule has 0 spiro atoms. The van der Waals surface area contributed by atoms with Gasteiger partial charge in [-0.15, -0.1) is 0 Å². The minimum absolute atomic E-state index is 0.107. The van der Waals surface area contributed by atoms with E-state index in [0.29, 0.717) is 12.2 Å². The predicted molar refractivity (Wildman–Crippen MR) is 153 cm³/mol. The summed E-state index contributed by atoms with van der Waals surface area (Å²) in [6, 6.07) is 37.8. The Balaban J connectivity index is 1.39. The lowest BCUT2D eigenvalue weighted by atomic mass is 9.98. The van der Waals surface area contributed by atoms with Gasteiger partial charge in [0.25, 0.3) is 0 Å². The van der Waals surface area contributed by atoms with Gasteiger partial charge in [-0.1, -0.05) is 109 Å². The van der Waals surface area contributed by atoms with E-state index < -0.39 is 36.7 Å². The highest BCUT2D eigenvalue weighted by Gasteiger charge is 2.49. The fraction of sp³-hybridized carbons (Fsp3) is 0.265. The first-order chi connectivity index (χ1) is 20.2. The van der Waals surface area contributed by atoms with Crippen molar-refractivity contribution >= 4 is 5.97 Å². The highest BCUT2D eigenvalue weighted by Crippen LogP contribution is 2.30. The van der Waals surface area contributed by atoms with Crippen molar-refractivity contribution in [3.63, 3.8) is 0 Å². The molecule has 41 heavy (non-hydrogen) atoms. The largest absolute Gasteiger partial charge is 0.453 e. The second-order valence-corrected chi connectivity index (χ2v) is 9.82. The van der Waals surface area contributed by atoms with Crippen LogP contribution in [0.1, 0.15) is 27.0 Å². The maximum absolute atomic E-state index is 13.3. The molecule has 0 bridgehead atoms. The van der Waals surface area contributed by atoms with Gasteiger partial charge in [0.15, 0.2) is 12.4 Å². The van der Waals surface area contributed by atoms with Crippen molar-refractivity contribution in [1.29, 1.82) is 0 Å². The van der Waals surface area contributed by atoms with Crippen LogP contribution < -0.4 is 0 Å². The molecule has 0 amide bonds. The molecule has 1 saturated heterocycles. The highest BCUT2D eigenvalue weighted by molar-refractivity contribution is 5.89. The Morgan fingerprint density at radius 1 is 0.610 bits per heavy atom. The van der Waals surface area contributed by atoms with Crippen LogP contribution in [0.5, 0.6) is 0 Å². The number of aliphatic hydroxyl groups is 1. The van der Waals surface area contributed by atoms with Crippen LogP contribution in [0.2, 0.25) is 0 Å². The molecular weight excluding hydrogens is 520 g/mol. The van der Waals surface area contributed by atoms with Crippen LogP contribution in [-0.2, 0) is 43.5 Å². The van der Waals surface area contributed by atoms with Gasteiger partial charge in [0.05, 0.1) is 32.0 Å². The highest BCUT2D eigenvalue weighted by atomic mass is 16.7. The van der Waals surface area contributed by atoms with Crippen molar-refractivity contribution in [3.05, 3.63) is 144 Å². The minimum atomic E-state index is -1.38. The van der Waals surface area contributed by atoms with Crippen LogP contribution in [0.3, 0.4) is 0 Å². The van der Waals surface area contributed by atoms with Gasteiger partial charge < -0.3 is 28.8 Å². The molecule has 0 unspecified atom stereocenters. The summed E-state index contributed by atoms with van der Waals surface area (Å²) in [6.45, 7) is 0.887. The average Bonchev–Trinajstić information content (AvgIpc) is 3.02. The molecule has 1 fully saturated rings. The first-order valence-electron chi connectivity index (χ1n) is 13.7. The maximum atomic E-state index is 13.3. The predicted octanol–water partition coefficient (Wildman–Crippen LogP) is 5.32. The van der Waals surface area contributed by atoms with Crippen molar-refractivity contribution in [1.82, 2.24) is 0 Å². The molecule has 4 aromatic carbocycles. The molecule has 212 valence electrons. The topological polar surface area (TPSA) is 83.5 Å². The van der Waals surface area contributed by atoms with E-state index >= 15 is 0 Å². The Morgan fingerprint density at radius 3 is 1.61 bits per heavy atom. The Hall–Kier alpha value is -3.85. The van der Waals surface area contributed by atoms with Crippen molar-refractivity contribution in [2.75, 3.05) is 6.61 Å². The molecule has 7 heteroatoms.